The first-order valence-corrected chi connectivity index (χ1v) is 13.7. The minimum absolute atomic E-state index is 0.156. The van der Waals surface area contributed by atoms with E-state index in [9.17, 15) is 14.4 Å². The van der Waals surface area contributed by atoms with Crippen LogP contribution in [-0.2, 0) is 9.53 Å². The number of amides is 3. The van der Waals surface area contributed by atoms with Crippen LogP contribution < -0.4 is 14.6 Å². The molecule has 2 aliphatic heterocycles. The number of likely N-dealkylation sites (tertiary alicyclic amines) is 1. The molecule has 11 nitrogen and oxygen atoms in total. The number of carbonyl (C=O) groups excluding carboxylic acids is 3. The van der Waals surface area contributed by atoms with Gasteiger partial charge in [-0.1, -0.05) is 18.2 Å². The van der Waals surface area contributed by atoms with E-state index in [0.29, 0.717) is 67.6 Å². The number of fused-ring (bicyclic) bond motifs is 1. The Kier molecular flexibility index (Phi) is 8.32. The predicted molar refractivity (Wildman–Crippen MR) is 149 cm³/mol. The molecule has 0 radical (unpaired) electrons. The van der Waals surface area contributed by atoms with Crippen molar-refractivity contribution in [2.45, 2.75) is 32.2 Å². The van der Waals surface area contributed by atoms with Crippen LogP contribution in [-0.4, -0.2) is 77.1 Å². The van der Waals surface area contributed by atoms with Crippen LogP contribution in [0.25, 0.3) is 11.0 Å². The zero-order chi connectivity index (χ0) is 28.2. The van der Waals surface area contributed by atoms with Crippen LogP contribution in [0.15, 0.2) is 43.1 Å². The summed E-state index contributed by atoms with van der Waals surface area (Å²) in [6.45, 7) is 8.23. The molecule has 0 bridgehead atoms. The molecule has 0 spiro atoms. The molecule has 12 heteroatoms. The highest BCUT2D eigenvalue weighted by Crippen LogP contribution is 2.34. The number of aryl methyl sites for hydroxylation is 1. The Morgan fingerprint density at radius 3 is 2.75 bits per heavy atom. The summed E-state index contributed by atoms with van der Waals surface area (Å²) in [6.07, 6.45) is 4.83. The predicted octanol–water partition coefficient (Wildman–Crippen LogP) is 3.64. The van der Waals surface area contributed by atoms with Crippen molar-refractivity contribution in [2.24, 2.45) is 0 Å². The lowest BCUT2D eigenvalue weighted by atomic mass is 10.1. The van der Waals surface area contributed by atoms with E-state index in [2.05, 4.69) is 21.9 Å². The van der Waals surface area contributed by atoms with Crippen molar-refractivity contribution in [2.75, 3.05) is 44.7 Å². The molecule has 2 aliphatic rings. The molecule has 2 saturated heterocycles. The number of hydrogen-bond acceptors (Lipinski definition) is 6. The Labute approximate surface area is 236 Å². The average Bonchev–Trinajstić information content (AvgIpc) is 3.15. The van der Waals surface area contributed by atoms with E-state index in [1.165, 1.54) is 6.08 Å². The third-order valence-electron chi connectivity index (χ3n) is 7.17. The molecule has 40 heavy (non-hydrogen) atoms. The molecule has 2 fully saturated rings. The Bertz CT molecular complexity index is 1450. The summed E-state index contributed by atoms with van der Waals surface area (Å²) in [5.74, 6) is 0.129. The molecular formula is C28H32ClN6O5+. The van der Waals surface area contributed by atoms with Gasteiger partial charge in [-0.15, -0.1) is 0 Å². The number of H-pyrrole nitrogens is 1. The maximum atomic E-state index is 13.3. The number of aromatic amines is 1. The van der Waals surface area contributed by atoms with Crippen molar-refractivity contribution in [3.63, 3.8) is 0 Å². The van der Waals surface area contributed by atoms with Crippen LogP contribution in [0.3, 0.4) is 0 Å². The first-order valence-electron chi connectivity index (χ1n) is 13.3. The number of benzene rings is 1. The lowest BCUT2D eigenvalue weighted by Crippen LogP contribution is -2.48. The molecule has 210 valence electrons. The van der Waals surface area contributed by atoms with Gasteiger partial charge in [0.15, 0.2) is 11.3 Å². The zero-order valence-electron chi connectivity index (χ0n) is 22.3. The monoisotopic (exact) mass is 567 g/mol. The maximum Gasteiger partial charge on any atom is 0.415 e. The number of ether oxygens (including phenoxy) is 2. The van der Waals surface area contributed by atoms with Gasteiger partial charge in [0.05, 0.1) is 25.3 Å². The van der Waals surface area contributed by atoms with Gasteiger partial charge in [0.1, 0.15) is 16.6 Å². The third kappa shape index (κ3) is 5.80. The van der Waals surface area contributed by atoms with E-state index in [1.807, 2.05) is 11.5 Å². The summed E-state index contributed by atoms with van der Waals surface area (Å²) in [5, 5.41) is 3.21. The number of aromatic nitrogens is 3. The van der Waals surface area contributed by atoms with E-state index in [1.54, 1.807) is 40.3 Å². The van der Waals surface area contributed by atoms with Gasteiger partial charge < -0.3 is 19.3 Å². The number of carbonyl (C=O) groups is 3. The highest BCUT2D eigenvalue weighted by atomic mass is 35.5. The van der Waals surface area contributed by atoms with Crippen LogP contribution in [0.1, 0.15) is 41.4 Å². The minimum Gasteiger partial charge on any atom is -0.408 e. The van der Waals surface area contributed by atoms with Crippen molar-refractivity contribution in [3.8, 4) is 5.75 Å². The number of rotatable bonds is 5. The van der Waals surface area contributed by atoms with Gasteiger partial charge in [0.2, 0.25) is 5.91 Å². The first-order chi connectivity index (χ1) is 19.4. The summed E-state index contributed by atoms with van der Waals surface area (Å²) in [7, 11) is 0. The normalized spacial score (nSPS) is 17.8. The fourth-order valence-corrected chi connectivity index (χ4v) is 5.44. The Morgan fingerprint density at radius 1 is 1.20 bits per heavy atom. The molecule has 2 aromatic heterocycles. The largest absolute Gasteiger partial charge is 0.415 e. The van der Waals surface area contributed by atoms with Gasteiger partial charge in [-0.05, 0) is 56.5 Å². The lowest BCUT2D eigenvalue weighted by Gasteiger charge is -2.26. The smallest absolute Gasteiger partial charge is 0.408 e. The Hall–Kier alpha value is -3.96. The number of halogens is 1. The number of anilines is 1. The van der Waals surface area contributed by atoms with E-state index in [-0.39, 0.29) is 28.6 Å². The topological polar surface area (TPSA) is 121 Å². The molecule has 0 saturated carbocycles. The standard InChI is InChI=1S/C28H31ClN6O5/c1-3-23(36)34-11-5-4-6-20(17-34)35-25-21(31-27(35)32-26(37)19-9-10-30-18(2)16-19)7-8-22(24(25)29)40-28(38)33-12-14-39-15-13-33/h3,7-10,16,20H,1,4-6,11-15,17H2,2H3,(H,31,32,37)/p+1. The number of imidazole rings is 1. The fourth-order valence-electron chi connectivity index (χ4n) is 5.15. The second-order valence-electron chi connectivity index (χ2n) is 9.86. The second kappa shape index (κ2) is 12.1. The summed E-state index contributed by atoms with van der Waals surface area (Å²) >= 11 is 6.92. The third-order valence-corrected chi connectivity index (χ3v) is 7.54. The van der Waals surface area contributed by atoms with Crippen LogP contribution >= 0.6 is 11.6 Å². The molecule has 1 atom stereocenters. The van der Waals surface area contributed by atoms with Crippen LogP contribution in [0.2, 0.25) is 5.02 Å². The van der Waals surface area contributed by atoms with E-state index in [4.69, 9.17) is 21.1 Å². The molecule has 1 unspecified atom stereocenters. The average molecular weight is 568 g/mol. The van der Waals surface area contributed by atoms with Gasteiger partial charge in [0, 0.05) is 31.5 Å². The van der Waals surface area contributed by atoms with Gasteiger partial charge in [-0.3, -0.25) is 14.6 Å². The van der Waals surface area contributed by atoms with Crippen molar-refractivity contribution >= 4 is 46.5 Å². The number of hydrogen-bond donors (Lipinski definition) is 2. The molecule has 2 N–H and O–H groups in total. The van der Waals surface area contributed by atoms with Crippen molar-refractivity contribution in [1.82, 2.24) is 19.8 Å². The van der Waals surface area contributed by atoms with Gasteiger partial charge in [-0.2, -0.15) is 0 Å². The SMILES string of the molecule is C=CC(=O)N1CCCCC([n+]2c(NC(=O)c3ccnc(C)c3)[nH]c3ccc(OC(=O)N4CCOCC4)c(Cl)c32)C1. The molecule has 1 aromatic carbocycles. The fraction of sp³-hybridized carbons (Fsp3) is 0.393. The van der Waals surface area contributed by atoms with Gasteiger partial charge in [0.25, 0.3) is 0 Å². The number of nitrogens with one attached hydrogen (secondary N) is 2. The van der Waals surface area contributed by atoms with Crippen LogP contribution in [0, 0.1) is 6.92 Å². The summed E-state index contributed by atoms with van der Waals surface area (Å²) < 4.78 is 12.9. The van der Waals surface area contributed by atoms with Crippen LogP contribution in [0.4, 0.5) is 10.7 Å². The van der Waals surface area contributed by atoms with Crippen molar-refractivity contribution in [3.05, 3.63) is 59.4 Å². The molecule has 5 rings (SSSR count). The van der Waals surface area contributed by atoms with Crippen LogP contribution in [0.5, 0.6) is 5.75 Å². The minimum atomic E-state index is -0.509. The van der Waals surface area contributed by atoms with E-state index >= 15 is 0 Å². The molecule has 3 amide bonds. The highest BCUT2D eigenvalue weighted by Gasteiger charge is 2.33. The lowest BCUT2D eigenvalue weighted by molar-refractivity contribution is -0.684. The van der Waals surface area contributed by atoms with E-state index in [0.717, 1.165) is 19.3 Å². The summed E-state index contributed by atoms with van der Waals surface area (Å²) in [4.78, 5) is 49.5. The Morgan fingerprint density at radius 2 is 2.00 bits per heavy atom. The quantitative estimate of drug-likeness (QED) is 0.359. The van der Waals surface area contributed by atoms with Gasteiger partial charge >= 0.3 is 17.9 Å². The summed E-state index contributed by atoms with van der Waals surface area (Å²) in [5.41, 5.74) is 2.37. The molecule has 0 aliphatic carbocycles. The van der Waals surface area contributed by atoms with E-state index < -0.39 is 6.09 Å². The maximum absolute atomic E-state index is 13.3. The molecule has 3 aromatic rings. The molecule has 4 heterocycles. The summed E-state index contributed by atoms with van der Waals surface area (Å²) in [6, 6.07) is 6.51. The molecular weight excluding hydrogens is 536 g/mol. The van der Waals surface area contributed by atoms with Crippen molar-refractivity contribution < 1.29 is 28.4 Å². The second-order valence-corrected chi connectivity index (χ2v) is 10.2. The number of pyridine rings is 1. The Balaban J connectivity index is 1.56. The number of nitrogens with zero attached hydrogens (tertiary/aromatic N) is 4. The van der Waals surface area contributed by atoms with Gasteiger partial charge in [-0.25, -0.2) is 19.7 Å². The number of morpholine rings is 1. The first kappa shape index (κ1) is 27.6. The highest BCUT2D eigenvalue weighted by molar-refractivity contribution is 6.36. The van der Waals surface area contributed by atoms with Crippen molar-refractivity contribution in [1.29, 1.82) is 0 Å². The zero-order valence-corrected chi connectivity index (χ0v) is 23.1.